The molecule has 0 atom stereocenters. The van der Waals surface area contributed by atoms with Crippen molar-refractivity contribution < 1.29 is 20.4 Å². The fourth-order valence-corrected chi connectivity index (χ4v) is 4.42. The topological polar surface area (TPSA) is 142 Å². The summed E-state index contributed by atoms with van der Waals surface area (Å²) in [5, 5.41) is 11.1. The van der Waals surface area contributed by atoms with Crippen molar-refractivity contribution >= 4 is 11.7 Å². The lowest BCUT2D eigenvalue weighted by atomic mass is 10.1. The lowest BCUT2D eigenvalue weighted by molar-refractivity contribution is 0.207. The Bertz CT molecular complexity index is 979. The molecule has 2 aromatic carbocycles. The van der Waals surface area contributed by atoms with Crippen molar-refractivity contribution in [3.63, 3.8) is 0 Å². The average Bonchev–Trinajstić information content (AvgIpc) is 2.88. The first-order valence-electron chi connectivity index (χ1n) is 11.6. The Kier molecular flexibility index (Phi) is 10.8. The molecule has 0 aromatic heterocycles. The van der Waals surface area contributed by atoms with E-state index < -0.39 is 0 Å². The summed E-state index contributed by atoms with van der Waals surface area (Å²) in [5.41, 5.74) is 2.16. The molecule has 1 saturated heterocycles. The van der Waals surface area contributed by atoms with Gasteiger partial charge in [0.05, 0.1) is 27.3 Å². The Morgan fingerprint density at radius 3 is 2.29 bits per heavy atom. The zero-order chi connectivity index (χ0) is 23.0. The zero-order valence-corrected chi connectivity index (χ0v) is 20.6. The van der Waals surface area contributed by atoms with Gasteiger partial charge in [-0.2, -0.15) is 10.2 Å². The molecule has 0 saturated carbocycles. The summed E-state index contributed by atoms with van der Waals surface area (Å²) in [6.07, 6.45) is 3.86. The standard InChI is InChI=1S/C25H34N6O2.2H2O/c1-32-22-12-11-21(17-23(22)33-2)25-28-31(16-15-29-13-7-4-8-14-29)24(27-26)19-30(25)18-20-9-5-3-6-10-20;;/h3,5-6,9-12,17H,4,7-8,13-16,18-19,26H2,1-2H3;2*1H2/b27-24-;;. The maximum Gasteiger partial charge on any atom is 0.164 e. The number of rotatable bonds is 8. The average molecular weight is 487 g/mol. The first-order valence-corrected chi connectivity index (χ1v) is 11.6. The molecule has 2 heterocycles. The van der Waals surface area contributed by atoms with E-state index in [1.165, 1.54) is 24.8 Å². The summed E-state index contributed by atoms with van der Waals surface area (Å²) in [6, 6.07) is 16.3. The predicted octanol–water partition coefficient (Wildman–Crippen LogP) is 1.29. The molecule has 10 heteroatoms. The van der Waals surface area contributed by atoms with E-state index in [9.17, 15) is 0 Å². The SMILES string of the molecule is COc1ccc(C2=NN(CCN3CCCCC3)/C(=N\N)CN2Cc2ccccc2)cc1OC.O.O. The van der Waals surface area contributed by atoms with Gasteiger partial charge in [0.1, 0.15) is 0 Å². The van der Waals surface area contributed by atoms with Crippen molar-refractivity contribution in [2.75, 3.05) is 46.9 Å². The van der Waals surface area contributed by atoms with Crippen LogP contribution < -0.4 is 15.3 Å². The van der Waals surface area contributed by atoms with Gasteiger partial charge in [0.15, 0.2) is 23.2 Å². The van der Waals surface area contributed by atoms with Crippen LogP contribution in [0.15, 0.2) is 58.7 Å². The number of hydrogen-bond donors (Lipinski definition) is 1. The first kappa shape index (κ1) is 27.9. The third kappa shape index (κ3) is 6.84. The third-order valence-electron chi connectivity index (χ3n) is 6.23. The Hall–Kier alpha value is -3.34. The van der Waals surface area contributed by atoms with Crippen LogP contribution in [0.4, 0.5) is 0 Å². The number of amidine groups is 2. The molecule has 4 rings (SSSR count). The maximum atomic E-state index is 5.83. The molecule has 0 spiro atoms. The van der Waals surface area contributed by atoms with Crippen LogP contribution >= 0.6 is 0 Å². The highest BCUT2D eigenvalue weighted by molar-refractivity contribution is 6.04. The van der Waals surface area contributed by atoms with Crippen LogP contribution in [0.3, 0.4) is 0 Å². The van der Waals surface area contributed by atoms with Gasteiger partial charge >= 0.3 is 0 Å². The third-order valence-corrected chi connectivity index (χ3v) is 6.23. The number of benzene rings is 2. The molecule has 2 aliphatic heterocycles. The smallest absolute Gasteiger partial charge is 0.164 e. The summed E-state index contributed by atoms with van der Waals surface area (Å²) in [4.78, 5) is 4.71. The van der Waals surface area contributed by atoms with E-state index in [1.54, 1.807) is 14.2 Å². The molecular formula is C25H38N6O4. The summed E-state index contributed by atoms with van der Waals surface area (Å²) in [7, 11) is 3.29. The molecule has 2 aliphatic rings. The summed E-state index contributed by atoms with van der Waals surface area (Å²) >= 11 is 0. The zero-order valence-electron chi connectivity index (χ0n) is 20.6. The Morgan fingerprint density at radius 1 is 0.914 bits per heavy atom. The van der Waals surface area contributed by atoms with Gasteiger partial charge in [-0.15, -0.1) is 0 Å². The second-order valence-electron chi connectivity index (χ2n) is 8.41. The lowest BCUT2D eigenvalue weighted by Gasteiger charge is -2.37. The van der Waals surface area contributed by atoms with Gasteiger partial charge in [0.25, 0.3) is 0 Å². The number of likely N-dealkylation sites (tertiary alicyclic amines) is 1. The van der Waals surface area contributed by atoms with Crippen molar-refractivity contribution in [3.8, 4) is 11.5 Å². The Labute approximate surface area is 207 Å². The van der Waals surface area contributed by atoms with Gasteiger partial charge < -0.3 is 36.1 Å². The van der Waals surface area contributed by atoms with E-state index in [0.29, 0.717) is 24.6 Å². The molecule has 0 bridgehead atoms. The number of hydrazone groups is 2. The highest BCUT2D eigenvalue weighted by Gasteiger charge is 2.27. The van der Waals surface area contributed by atoms with Gasteiger partial charge in [-0.25, -0.2) is 5.01 Å². The van der Waals surface area contributed by atoms with E-state index in [4.69, 9.17) is 20.4 Å². The van der Waals surface area contributed by atoms with Crippen LogP contribution in [0.5, 0.6) is 11.5 Å². The molecule has 6 N–H and O–H groups in total. The number of methoxy groups -OCH3 is 2. The van der Waals surface area contributed by atoms with Gasteiger partial charge in [-0.05, 0) is 49.7 Å². The Balaban J connectivity index is 0.00000216. The molecule has 0 radical (unpaired) electrons. The number of hydrogen-bond acceptors (Lipinski definition) is 7. The van der Waals surface area contributed by atoms with Crippen LogP contribution in [-0.4, -0.2) is 84.4 Å². The molecule has 0 unspecified atom stereocenters. The van der Waals surface area contributed by atoms with Gasteiger partial charge in [-0.1, -0.05) is 36.8 Å². The first-order chi connectivity index (χ1) is 16.2. The van der Waals surface area contributed by atoms with Crippen LogP contribution in [0, 0.1) is 0 Å². The molecular weight excluding hydrogens is 448 g/mol. The van der Waals surface area contributed by atoms with E-state index in [0.717, 1.165) is 43.4 Å². The van der Waals surface area contributed by atoms with Gasteiger partial charge in [0.2, 0.25) is 0 Å². The van der Waals surface area contributed by atoms with Crippen molar-refractivity contribution in [2.24, 2.45) is 16.0 Å². The minimum Gasteiger partial charge on any atom is -0.493 e. The summed E-state index contributed by atoms with van der Waals surface area (Å²) < 4.78 is 11.0. The highest BCUT2D eigenvalue weighted by atomic mass is 16.5. The normalized spacial score (nSPS) is 17.3. The molecule has 10 nitrogen and oxygen atoms in total. The molecule has 1 fully saturated rings. The summed E-state index contributed by atoms with van der Waals surface area (Å²) in [5.74, 6) is 8.83. The Morgan fingerprint density at radius 2 is 1.63 bits per heavy atom. The predicted molar refractivity (Wildman–Crippen MR) is 139 cm³/mol. The number of nitrogens with two attached hydrogens (primary N) is 1. The molecule has 35 heavy (non-hydrogen) atoms. The fraction of sp³-hybridized carbons (Fsp3) is 0.440. The van der Waals surface area contributed by atoms with Crippen LogP contribution in [0.2, 0.25) is 0 Å². The molecule has 192 valence electrons. The summed E-state index contributed by atoms with van der Waals surface area (Å²) in [6.45, 7) is 5.28. The van der Waals surface area contributed by atoms with Gasteiger partial charge in [-0.3, -0.25) is 0 Å². The maximum absolute atomic E-state index is 5.83. The van der Waals surface area contributed by atoms with E-state index in [-0.39, 0.29) is 11.0 Å². The second kappa shape index (κ2) is 13.5. The number of nitrogens with zero attached hydrogens (tertiary/aromatic N) is 5. The molecule has 0 amide bonds. The monoisotopic (exact) mass is 486 g/mol. The van der Waals surface area contributed by atoms with Crippen molar-refractivity contribution in [1.29, 1.82) is 0 Å². The van der Waals surface area contributed by atoms with Crippen LogP contribution in [-0.2, 0) is 6.54 Å². The van der Waals surface area contributed by atoms with Crippen molar-refractivity contribution in [3.05, 3.63) is 59.7 Å². The van der Waals surface area contributed by atoms with Crippen molar-refractivity contribution in [2.45, 2.75) is 25.8 Å². The van der Waals surface area contributed by atoms with Crippen molar-refractivity contribution in [1.82, 2.24) is 14.8 Å². The highest BCUT2D eigenvalue weighted by Crippen LogP contribution is 2.29. The lowest BCUT2D eigenvalue weighted by Crippen LogP contribution is -2.49. The van der Waals surface area contributed by atoms with Crippen LogP contribution in [0.25, 0.3) is 0 Å². The second-order valence-corrected chi connectivity index (χ2v) is 8.41. The largest absolute Gasteiger partial charge is 0.493 e. The minimum absolute atomic E-state index is 0. The molecule has 0 aliphatic carbocycles. The van der Waals surface area contributed by atoms with E-state index in [1.807, 2.05) is 29.3 Å². The number of ether oxygens (including phenoxy) is 2. The molecule has 2 aromatic rings. The van der Waals surface area contributed by atoms with E-state index >= 15 is 0 Å². The van der Waals surface area contributed by atoms with Gasteiger partial charge in [0, 0.05) is 18.7 Å². The quantitative estimate of drug-likeness (QED) is 0.440. The number of piperidine rings is 1. The fourth-order valence-electron chi connectivity index (χ4n) is 4.42. The minimum atomic E-state index is 0. The van der Waals surface area contributed by atoms with E-state index in [2.05, 4.69) is 39.2 Å². The van der Waals surface area contributed by atoms with Crippen LogP contribution in [0.1, 0.15) is 30.4 Å².